The highest BCUT2D eigenvalue weighted by Crippen LogP contribution is 2.19. The van der Waals surface area contributed by atoms with E-state index in [0.29, 0.717) is 6.04 Å². The molecule has 1 aliphatic heterocycles. The van der Waals surface area contributed by atoms with Crippen molar-refractivity contribution in [3.63, 3.8) is 0 Å². The van der Waals surface area contributed by atoms with Crippen LogP contribution in [0.15, 0.2) is 18.3 Å². The van der Waals surface area contributed by atoms with Crippen molar-refractivity contribution in [3.8, 4) is 0 Å². The van der Waals surface area contributed by atoms with Crippen LogP contribution in [0.25, 0.3) is 0 Å². The molecule has 15 heavy (non-hydrogen) atoms. The van der Waals surface area contributed by atoms with Crippen LogP contribution in [0.2, 0.25) is 0 Å². The number of rotatable bonds is 3. The van der Waals surface area contributed by atoms with Crippen LogP contribution in [0, 0.1) is 0 Å². The lowest BCUT2D eigenvalue weighted by Crippen LogP contribution is -2.29. The number of aromatic nitrogens is 1. The smallest absolute Gasteiger partial charge is 0.0553 e. The van der Waals surface area contributed by atoms with Crippen molar-refractivity contribution in [2.24, 2.45) is 0 Å². The second-order valence-corrected chi connectivity index (χ2v) is 4.08. The van der Waals surface area contributed by atoms with Crippen LogP contribution < -0.4 is 10.2 Å². The highest BCUT2D eigenvalue weighted by atomic mass is 15.2. The molecular weight excluding hydrogens is 186 g/mol. The average Bonchev–Trinajstić information content (AvgIpc) is 2.78. The van der Waals surface area contributed by atoms with Crippen LogP contribution in [-0.2, 0) is 6.42 Å². The second kappa shape index (κ2) is 4.62. The summed E-state index contributed by atoms with van der Waals surface area (Å²) < 4.78 is 0. The Kier molecular flexibility index (Phi) is 3.21. The Hall–Kier alpha value is -1.09. The standard InChI is InChI=1S/C12H19N3/c1-3-10-4-5-12(8-14-10)15-7-6-11(9-15)13-2/h4-5,8,11,13H,3,6-7,9H2,1-2H3/t11-/m1/s1. The predicted octanol–water partition coefficient (Wildman–Crippen LogP) is 1.44. The maximum absolute atomic E-state index is 4.43. The molecule has 1 aromatic rings. The van der Waals surface area contributed by atoms with E-state index in [1.54, 1.807) is 0 Å². The summed E-state index contributed by atoms with van der Waals surface area (Å²) in [5.41, 5.74) is 2.42. The van der Waals surface area contributed by atoms with Gasteiger partial charge in [0.2, 0.25) is 0 Å². The van der Waals surface area contributed by atoms with E-state index in [1.807, 2.05) is 13.2 Å². The van der Waals surface area contributed by atoms with Gasteiger partial charge in [0, 0.05) is 24.8 Å². The summed E-state index contributed by atoms with van der Waals surface area (Å²) >= 11 is 0. The lowest BCUT2D eigenvalue weighted by atomic mass is 10.2. The van der Waals surface area contributed by atoms with Crippen molar-refractivity contribution < 1.29 is 0 Å². The summed E-state index contributed by atoms with van der Waals surface area (Å²) in [5.74, 6) is 0. The molecular formula is C12H19N3. The van der Waals surface area contributed by atoms with Gasteiger partial charge in [0.15, 0.2) is 0 Å². The first-order valence-corrected chi connectivity index (χ1v) is 5.70. The number of anilines is 1. The van der Waals surface area contributed by atoms with E-state index in [0.717, 1.165) is 19.5 Å². The summed E-state index contributed by atoms with van der Waals surface area (Å²) in [6, 6.07) is 4.95. The zero-order chi connectivity index (χ0) is 10.7. The number of aryl methyl sites for hydroxylation is 1. The van der Waals surface area contributed by atoms with Crippen molar-refractivity contribution in [3.05, 3.63) is 24.0 Å². The van der Waals surface area contributed by atoms with Crippen LogP contribution in [0.1, 0.15) is 19.0 Å². The molecule has 0 saturated carbocycles. The van der Waals surface area contributed by atoms with Crippen LogP contribution in [0.3, 0.4) is 0 Å². The zero-order valence-corrected chi connectivity index (χ0v) is 9.53. The van der Waals surface area contributed by atoms with Crippen LogP contribution in [0.4, 0.5) is 5.69 Å². The minimum absolute atomic E-state index is 0.635. The van der Waals surface area contributed by atoms with Crippen LogP contribution >= 0.6 is 0 Å². The third-order valence-electron chi connectivity index (χ3n) is 3.13. The topological polar surface area (TPSA) is 28.2 Å². The van der Waals surface area contributed by atoms with Gasteiger partial charge >= 0.3 is 0 Å². The molecule has 0 aromatic carbocycles. The highest BCUT2D eigenvalue weighted by Gasteiger charge is 2.20. The Morgan fingerprint density at radius 3 is 2.93 bits per heavy atom. The molecule has 0 aliphatic carbocycles. The fourth-order valence-electron chi connectivity index (χ4n) is 2.04. The fourth-order valence-corrected chi connectivity index (χ4v) is 2.04. The lowest BCUT2D eigenvalue weighted by molar-refractivity contribution is 0.617. The molecule has 1 N–H and O–H groups in total. The molecule has 3 heteroatoms. The van der Waals surface area contributed by atoms with Gasteiger partial charge in [-0.05, 0) is 32.0 Å². The van der Waals surface area contributed by atoms with Crippen LogP contribution in [0.5, 0.6) is 0 Å². The molecule has 1 saturated heterocycles. The SMILES string of the molecule is CCc1ccc(N2CC[C@@H](NC)C2)cn1. The molecule has 1 fully saturated rings. The minimum atomic E-state index is 0.635. The van der Waals surface area contributed by atoms with E-state index in [1.165, 1.54) is 17.8 Å². The van der Waals surface area contributed by atoms with E-state index in [4.69, 9.17) is 0 Å². The Labute approximate surface area is 91.5 Å². The summed E-state index contributed by atoms with van der Waals surface area (Å²) in [6.07, 6.45) is 4.24. The summed E-state index contributed by atoms with van der Waals surface area (Å²) in [6.45, 7) is 4.37. The first-order chi connectivity index (χ1) is 7.33. The van der Waals surface area contributed by atoms with Crippen molar-refractivity contribution in [1.82, 2.24) is 10.3 Å². The third-order valence-corrected chi connectivity index (χ3v) is 3.13. The predicted molar refractivity (Wildman–Crippen MR) is 63.3 cm³/mol. The molecule has 0 unspecified atom stereocenters. The molecule has 0 bridgehead atoms. The lowest BCUT2D eigenvalue weighted by Gasteiger charge is -2.18. The number of pyridine rings is 1. The van der Waals surface area contributed by atoms with E-state index < -0.39 is 0 Å². The van der Waals surface area contributed by atoms with E-state index >= 15 is 0 Å². The third kappa shape index (κ3) is 2.29. The highest BCUT2D eigenvalue weighted by molar-refractivity contribution is 5.45. The second-order valence-electron chi connectivity index (χ2n) is 4.08. The molecule has 1 atom stereocenters. The van der Waals surface area contributed by atoms with Gasteiger partial charge in [-0.3, -0.25) is 4.98 Å². The zero-order valence-electron chi connectivity index (χ0n) is 9.53. The van der Waals surface area contributed by atoms with E-state index in [-0.39, 0.29) is 0 Å². The Morgan fingerprint density at radius 2 is 2.40 bits per heavy atom. The van der Waals surface area contributed by atoms with Crippen molar-refractivity contribution in [2.45, 2.75) is 25.8 Å². The van der Waals surface area contributed by atoms with Gasteiger partial charge in [-0.25, -0.2) is 0 Å². The molecule has 1 aliphatic rings. The molecule has 0 amide bonds. The maximum Gasteiger partial charge on any atom is 0.0553 e. The first-order valence-electron chi connectivity index (χ1n) is 5.70. The summed E-state index contributed by atoms with van der Waals surface area (Å²) in [5, 5.41) is 3.32. The first kappa shape index (κ1) is 10.4. The van der Waals surface area contributed by atoms with E-state index in [9.17, 15) is 0 Å². The molecule has 2 rings (SSSR count). The minimum Gasteiger partial charge on any atom is -0.369 e. The number of hydrogen-bond donors (Lipinski definition) is 1. The van der Waals surface area contributed by atoms with Crippen LogP contribution in [-0.4, -0.2) is 31.2 Å². The quantitative estimate of drug-likeness (QED) is 0.809. The van der Waals surface area contributed by atoms with Gasteiger partial charge in [-0.2, -0.15) is 0 Å². The number of nitrogens with one attached hydrogen (secondary N) is 1. The van der Waals surface area contributed by atoms with E-state index in [2.05, 4.69) is 34.3 Å². The number of likely N-dealkylation sites (N-methyl/N-ethyl adjacent to an activating group) is 1. The molecule has 3 nitrogen and oxygen atoms in total. The molecule has 0 radical (unpaired) electrons. The van der Waals surface area contributed by atoms with Gasteiger partial charge in [0.05, 0.1) is 11.9 Å². The van der Waals surface area contributed by atoms with Gasteiger partial charge in [-0.1, -0.05) is 6.92 Å². The normalized spacial score (nSPS) is 20.9. The largest absolute Gasteiger partial charge is 0.369 e. The Balaban J connectivity index is 2.04. The molecule has 0 spiro atoms. The average molecular weight is 205 g/mol. The molecule has 1 aromatic heterocycles. The van der Waals surface area contributed by atoms with Gasteiger partial charge in [0.25, 0.3) is 0 Å². The summed E-state index contributed by atoms with van der Waals surface area (Å²) in [4.78, 5) is 6.83. The Morgan fingerprint density at radius 1 is 1.53 bits per heavy atom. The summed E-state index contributed by atoms with van der Waals surface area (Å²) in [7, 11) is 2.03. The molecule has 82 valence electrons. The monoisotopic (exact) mass is 205 g/mol. The number of hydrogen-bond acceptors (Lipinski definition) is 3. The Bertz CT molecular complexity index is 307. The van der Waals surface area contributed by atoms with Crippen molar-refractivity contribution in [2.75, 3.05) is 25.0 Å². The van der Waals surface area contributed by atoms with Gasteiger partial charge < -0.3 is 10.2 Å². The maximum atomic E-state index is 4.43. The number of nitrogens with zero attached hydrogens (tertiary/aromatic N) is 2. The van der Waals surface area contributed by atoms with Gasteiger partial charge in [0.1, 0.15) is 0 Å². The molecule has 2 heterocycles. The van der Waals surface area contributed by atoms with Crippen molar-refractivity contribution in [1.29, 1.82) is 0 Å². The van der Waals surface area contributed by atoms with Crippen molar-refractivity contribution >= 4 is 5.69 Å². The fraction of sp³-hybridized carbons (Fsp3) is 0.583. The van der Waals surface area contributed by atoms with Gasteiger partial charge in [-0.15, -0.1) is 0 Å².